The Bertz CT molecular complexity index is 607. The molecule has 6 nitrogen and oxygen atoms in total. The second-order valence-electron chi connectivity index (χ2n) is 3.88. The lowest BCUT2D eigenvalue weighted by Crippen LogP contribution is -2.32. The summed E-state index contributed by atoms with van der Waals surface area (Å²) < 4.78 is 35.6. The molecular weight excluding hydrogens is 329 g/mol. The monoisotopic (exact) mass is 337 g/mol. The number of aromatic nitrogens is 1. The van der Waals surface area contributed by atoms with Gasteiger partial charge >= 0.3 is 0 Å². The van der Waals surface area contributed by atoms with E-state index in [2.05, 4.69) is 20.9 Å². The highest BCUT2D eigenvalue weighted by Gasteiger charge is 2.38. The fourth-order valence-electron chi connectivity index (χ4n) is 1.71. The quantitative estimate of drug-likeness (QED) is 0.843. The van der Waals surface area contributed by atoms with E-state index in [1.165, 1.54) is 4.90 Å². The van der Waals surface area contributed by atoms with Crippen molar-refractivity contribution in [2.45, 2.75) is 11.7 Å². The van der Waals surface area contributed by atoms with E-state index >= 15 is 0 Å². The predicted octanol–water partition coefficient (Wildman–Crippen LogP) is 0.377. The van der Waals surface area contributed by atoms with Crippen molar-refractivity contribution in [1.29, 1.82) is 0 Å². The van der Waals surface area contributed by atoms with Crippen LogP contribution in [0.4, 0.5) is 10.2 Å². The summed E-state index contributed by atoms with van der Waals surface area (Å²) >= 11 is 3.08. The highest BCUT2D eigenvalue weighted by molar-refractivity contribution is 9.10. The van der Waals surface area contributed by atoms with Gasteiger partial charge in [0, 0.05) is 13.0 Å². The molecule has 2 rings (SSSR count). The first-order valence-electron chi connectivity index (χ1n) is 4.92. The first-order chi connectivity index (χ1) is 8.29. The molecule has 1 aliphatic rings. The average Bonchev–Trinajstić information content (AvgIpc) is 2.60. The molecule has 0 bridgehead atoms. The molecule has 0 aromatic carbocycles. The SMILES string of the molecule is NS(=O)(=O)C1CC(=O)N(c2ncc(F)cc2Br)C1. The number of halogens is 2. The van der Waals surface area contributed by atoms with Crippen molar-refractivity contribution in [2.75, 3.05) is 11.4 Å². The van der Waals surface area contributed by atoms with E-state index in [4.69, 9.17) is 5.14 Å². The number of primary sulfonamides is 1. The van der Waals surface area contributed by atoms with Crippen LogP contribution >= 0.6 is 15.9 Å². The van der Waals surface area contributed by atoms with Crippen molar-refractivity contribution in [3.8, 4) is 0 Å². The molecule has 0 aliphatic carbocycles. The van der Waals surface area contributed by atoms with Crippen LogP contribution < -0.4 is 10.0 Å². The zero-order valence-corrected chi connectivity index (χ0v) is 11.4. The fraction of sp³-hybridized carbons (Fsp3) is 0.333. The molecule has 2 N–H and O–H groups in total. The maximum absolute atomic E-state index is 12.9. The molecule has 1 aromatic rings. The van der Waals surface area contributed by atoms with Gasteiger partial charge in [-0.2, -0.15) is 0 Å². The van der Waals surface area contributed by atoms with Crippen molar-refractivity contribution < 1.29 is 17.6 Å². The van der Waals surface area contributed by atoms with E-state index in [9.17, 15) is 17.6 Å². The smallest absolute Gasteiger partial charge is 0.229 e. The Morgan fingerprint density at radius 3 is 2.72 bits per heavy atom. The Hall–Kier alpha value is -1.06. The Morgan fingerprint density at radius 1 is 1.56 bits per heavy atom. The number of nitrogens with zero attached hydrogens (tertiary/aromatic N) is 2. The minimum atomic E-state index is -3.78. The highest BCUT2D eigenvalue weighted by atomic mass is 79.9. The normalized spacial score (nSPS) is 20.5. The number of amides is 1. The van der Waals surface area contributed by atoms with Gasteiger partial charge in [-0.25, -0.2) is 22.9 Å². The summed E-state index contributed by atoms with van der Waals surface area (Å²) in [6, 6.07) is 1.15. The van der Waals surface area contributed by atoms with Gasteiger partial charge in [-0.3, -0.25) is 9.69 Å². The maximum Gasteiger partial charge on any atom is 0.229 e. The third-order valence-corrected chi connectivity index (χ3v) is 4.43. The Morgan fingerprint density at radius 2 is 2.22 bits per heavy atom. The lowest BCUT2D eigenvalue weighted by atomic mass is 10.4. The Kier molecular flexibility index (Phi) is 3.39. The summed E-state index contributed by atoms with van der Waals surface area (Å²) in [6.07, 6.45) is 0.766. The standard InChI is InChI=1S/C9H9BrFN3O3S/c10-7-1-5(11)3-13-9(7)14-4-6(2-8(14)15)18(12,16)17/h1,3,6H,2,4H2,(H2,12,16,17). The van der Waals surface area contributed by atoms with Crippen molar-refractivity contribution >= 4 is 37.7 Å². The van der Waals surface area contributed by atoms with E-state index in [0.717, 1.165) is 12.3 Å². The molecule has 2 heterocycles. The van der Waals surface area contributed by atoms with Crippen molar-refractivity contribution in [1.82, 2.24) is 4.98 Å². The van der Waals surface area contributed by atoms with Crippen LogP contribution in [0.1, 0.15) is 6.42 Å². The third kappa shape index (κ3) is 2.52. The zero-order valence-electron chi connectivity index (χ0n) is 9.01. The molecule has 1 atom stereocenters. The molecule has 1 unspecified atom stereocenters. The van der Waals surface area contributed by atoms with E-state index in [1.54, 1.807) is 0 Å². The molecular formula is C9H9BrFN3O3S. The maximum atomic E-state index is 12.9. The Balaban J connectivity index is 2.33. The highest BCUT2D eigenvalue weighted by Crippen LogP contribution is 2.29. The van der Waals surface area contributed by atoms with E-state index < -0.39 is 27.0 Å². The van der Waals surface area contributed by atoms with Gasteiger partial charge in [0.1, 0.15) is 16.9 Å². The number of carbonyl (C=O) groups is 1. The largest absolute Gasteiger partial charge is 0.294 e. The second kappa shape index (κ2) is 4.56. The number of hydrogen-bond acceptors (Lipinski definition) is 4. The second-order valence-corrected chi connectivity index (χ2v) is 6.58. The molecule has 98 valence electrons. The van der Waals surface area contributed by atoms with Crippen LogP contribution in [-0.2, 0) is 14.8 Å². The molecule has 0 radical (unpaired) electrons. The minimum Gasteiger partial charge on any atom is -0.294 e. The van der Waals surface area contributed by atoms with Gasteiger partial charge in [-0.1, -0.05) is 0 Å². The molecule has 1 aromatic heterocycles. The molecule has 0 spiro atoms. The van der Waals surface area contributed by atoms with Gasteiger partial charge < -0.3 is 0 Å². The van der Waals surface area contributed by atoms with Crippen LogP contribution in [0.25, 0.3) is 0 Å². The van der Waals surface area contributed by atoms with Crippen molar-refractivity contribution in [3.05, 3.63) is 22.6 Å². The van der Waals surface area contributed by atoms with Gasteiger partial charge in [-0.15, -0.1) is 0 Å². The van der Waals surface area contributed by atoms with E-state index in [0.29, 0.717) is 0 Å². The van der Waals surface area contributed by atoms with Crippen LogP contribution in [0.5, 0.6) is 0 Å². The summed E-state index contributed by atoms with van der Waals surface area (Å²) in [7, 11) is -3.78. The number of rotatable bonds is 2. The lowest BCUT2D eigenvalue weighted by molar-refractivity contribution is -0.117. The molecule has 1 fully saturated rings. The summed E-state index contributed by atoms with van der Waals surface area (Å²) in [6.45, 7) is -0.0745. The molecule has 1 saturated heterocycles. The Labute approximate surface area is 111 Å². The zero-order chi connectivity index (χ0) is 13.5. The van der Waals surface area contributed by atoms with E-state index in [-0.39, 0.29) is 23.3 Å². The number of sulfonamides is 1. The van der Waals surface area contributed by atoms with Crippen LogP contribution in [0, 0.1) is 5.82 Å². The summed E-state index contributed by atoms with van der Waals surface area (Å²) in [4.78, 5) is 16.7. The average molecular weight is 338 g/mol. The predicted molar refractivity (Wildman–Crippen MR) is 65.8 cm³/mol. The van der Waals surface area contributed by atoms with Gasteiger partial charge in [0.15, 0.2) is 0 Å². The first-order valence-corrected chi connectivity index (χ1v) is 7.32. The fourth-order valence-corrected chi connectivity index (χ4v) is 2.97. The number of carbonyl (C=O) groups excluding carboxylic acids is 1. The topological polar surface area (TPSA) is 93.4 Å². The third-order valence-electron chi connectivity index (χ3n) is 2.60. The van der Waals surface area contributed by atoms with Crippen molar-refractivity contribution in [2.24, 2.45) is 5.14 Å². The lowest BCUT2D eigenvalue weighted by Gasteiger charge is -2.16. The van der Waals surface area contributed by atoms with Crippen LogP contribution in [0.3, 0.4) is 0 Å². The summed E-state index contributed by atoms with van der Waals surface area (Å²) in [5.74, 6) is -0.776. The van der Waals surface area contributed by atoms with Crippen molar-refractivity contribution in [3.63, 3.8) is 0 Å². The van der Waals surface area contributed by atoms with E-state index in [1.807, 2.05) is 0 Å². The van der Waals surface area contributed by atoms with Crippen LogP contribution in [-0.4, -0.2) is 31.1 Å². The number of nitrogens with two attached hydrogens (primary N) is 1. The minimum absolute atomic E-state index is 0.0745. The molecule has 1 aliphatic heterocycles. The molecule has 0 saturated carbocycles. The summed E-state index contributed by atoms with van der Waals surface area (Å²) in [5, 5.41) is 4.05. The van der Waals surface area contributed by atoms with Crippen LogP contribution in [0.2, 0.25) is 0 Å². The number of anilines is 1. The number of hydrogen-bond donors (Lipinski definition) is 1. The number of pyridine rings is 1. The van der Waals surface area contributed by atoms with Gasteiger partial charge in [0.2, 0.25) is 15.9 Å². The first kappa shape index (κ1) is 13.4. The molecule has 1 amide bonds. The van der Waals surface area contributed by atoms with Gasteiger partial charge in [0.25, 0.3) is 0 Å². The summed E-state index contributed by atoms with van der Waals surface area (Å²) in [5.41, 5.74) is 0. The van der Waals surface area contributed by atoms with Gasteiger partial charge in [-0.05, 0) is 22.0 Å². The van der Waals surface area contributed by atoms with Crippen LogP contribution in [0.15, 0.2) is 16.7 Å². The molecule has 9 heteroatoms. The molecule has 18 heavy (non-hydrogen) atoms. The van der Waals surface area contributed by atoms with Gasteiger partial charge in [0.05, 0.1) is 10.7 Å².